The highest BCUT2D eigenvalue weighted by molar-refractivity contribution is 6.34. The quantitative estimate of drug-likeness (QED) is 0.650. The fourth-order valence-corrected chi connectivity index (χ4v) is 4.05. The molecule has 31 heavy (non-hydrogen) atoms. The lowest BCUT2D eigenvalue weighted by atomic mass is 10.1. The van der Waals surface area contributed by atoms with Gasteiger partial charge in [-0.05, 0) is 49.2 Å². The number of hydrogen-bond donors (Lipinski definition) is 2. The normalized spacial score (nSPS) is 13.7. The molecule has 4 rings (SSSR count). The third kappa shape index (κ3) is 4.32. The van der Waals surface area contributed by atoms with Crippen LogP contribution in [-0.2, 0) is 13.0 Å². The SMILES string of the molecule is CNC(=O)c1cc(NC(=O)c2ccc3c(=O)n4c(nc3c2)CCCCCC4)ccc1Cl. The Morgan fingerprint density at radius 1 is 1.03 bits per heavy atom. The van der Waals surface area contributed by atoms with Crippen LogP contribution in [0.3, 0.4) is 0 Å². The minimum Gasteiger partial charge on any atom is -0.355 e. The number of anilines is 1. The van der Waals surface area contributed by atoms with E-state index < -0.39 is 0 Å². The van der Waals surface area contributed by atoms with Crippen molar-refractivity contribution in [3.05, 3.63) is 68.7 Å². The van der Waals surface area contributed by atoms with Gasteiger partial charge >= 0.3 is 0 Å². The summed E-state index contributed by atoms with van der Waals surface area (Å²) in [6.45, 7) is 0.684. The van der Waals surface area contributed by atoms with E-state index in [1.165, 1.54) is 13.1 Å². The van der Waals surface area contributed by atoms with Crippen molar-refractivity contribution in [1.29, 1.82) is 0 Å². The third-order valence-corrected chi connectivity index (χ3v) is 5.85. The number of aryl methyl sites for hydroxylation is 1. The van der Waals surface area contributed by atoms with Crippen molar-refractivity contribution >= 4 is 40.0 Å². The van der Waals surface area contributed by atoms with Crippen LogP contribution < -0.4 is 16.2 Å². The summed E-state index contributed by atoms with van der Waals surface area (Å²) in [7, 11) is 1.51. The smallest absolute Gasteiger partial charge is 0.261 e. The number of carbonyl (C=O) groups excluding carboxylic acids is 2. The largest absolute Gasteiger partial charge is 0.355 e. The molecule has 0 fully saturated rings. The molecule has 1 aliphatic heterocycles. The molecule has 2 N–H and O–H groups in total. The number of nitrogens with one attached hydrogen (secondary N) is 2. The van der Waals surface area contributed by atoms with Gasteiger partial charge in [0.1, 0.15) is 5.82 Å². The van der Waals surface area contributed by atoms with E-state index in [0.29, 0.717) is 33.7 Å². The zero-order valence-corrected chi connectivity index (χ0v) is 18.0. The predicted molar refractivity (Wildman–Crippen MR) is 121 cm³/mol. The summed E-state index contributed by atoms with van der Waals surface area (Å²) in [6, 6.07) is 9.62. The fraction of sp³-hybridized carbons (Fsp3) is 0.304. The summed E-state index contributed by atoms with van der Waals surface area (Å²) in [5.74, 6) is 0.0800. The number of fused-ring (bicyclic) bond motifs is 2. The van der Waals surface area contributed by atoms with Crippen molar-refractivity contribution in [1.82, 2.24) is 14.9 Å². The highest BCUT2D eigenvalue weighted by Gasteiger charge is 2.16. The summed E-state index contributed by atoms with van der Waals surface area (Å²) >= 11 is 6.07. The lowest BCUT2D eigenvalue weighted by molar-refractivity contribution is 0.0961. The molecule has 0 unspecified atom stereocenters. The molecule has 0 atom stereocenters. The van der Waals surface area contributed by atoms with E-state index in [0.717, 1.165) is 37.9 Å². The number of carbonyl (C=O) groups is 2. The zero-order valence-electron chi connectivity index (χ0n) is 17.2. The van der Waals surface area contributed by atoms with Gasteiger partial charge in [0.2, 0.25) is 0 Å². The van der Waals surface area contributed by atoms with Crippen LogP contribution in [0.5, 0.6) is 0 Å². The first-order valence-corrected chi connectivity index (χ1v) is 10.7. The maximum absolute atomic E-state index is 12.9. The van der Waals surface area contributed by atoms with Gasteiger partial charge in [0.15, 0.2) is 0 Å². The van der Waals surface area contributed by atoms with Gasteiger partial charge in [0.25, 0.3) is 17.4 Å². The first-order chi connectivity index (χ1) is 15.0. The van der Waals surface area contributed by atoms with Crippen LogP contribution in [0.1, 0.15) is 52.2 Å². The molecule has 0 spiro atoms. The lowest BCUT2D eigenvalue weighted by Gasteiger charge is -2.16. The first-order valence-electron chi connectivity index (χ1n) is 10.3. The lowest BCUT2D eigenvalue weighted by Crippen LogP contribution is -2.26. The topological polar surface area (TPSA) is 93.1 Å². The fourth-order valence-electron chi connectivity index (χ4n) is 3.85. The van der Waals surface area contributed by atoms with Crippen molar-refractivity contribution in [2.45, 2.75) is 38.6 Å². The molecular weight excluding hydrogens is 416 g/mol. The van der Waals surface area contributed by atoms with Gasteiger partial charge in [0, 0.05) is 31.3 Å². The van der Waals surface area contributed by atoms with Gasteiger partial charge in [-0.15, -0.1) is 0 Å². The van der Waals surface area contributed by atoms with E-state index in [9.17, 15) is 14.4 Å². The number of amides is 2. The summed E-state index contributed by atoms with van der Waals surface area (Å²) < 4.78 is 1.77. The highest BCUT2D eigenvalue weighted by atomic mass is 35.5. The summed E-state index contributed by atoms with van der Waals surface area (Å²) in [6.07, 6.45) is 4.99. The first kappa shape index (κ1) is 21.1. The Kier molecular flexibility index (Phi) is 6.04. The standard InChI is InChI=1S/C23H23ClN4O3/c1-25-22(30)17-13-15(8-10-18(17)24)26-21(29)14-7-9-16-19(12-14)27-20-6-4-2-3-5-11-28(20)23(16)31/h7-10,12-13H,2-6,11H2,1H3,(H,25,30)(H,26,29). The Morgan fingerprint density at radius 2 is 1.84 bits per heavy atom. The van der Waals surface area contributed by atoms with Crippen LogP contribution in [0.15, 0.2) is 41.2 Å². The van der Waals surface area contributed by atoms with Crippen molar-refractivity contribution in [3.8, 4) is 0 Å². The Morgan fingerprint density at radius 3 is 2.65 bits per heavy atom. The van der Waals surface area contributed by atoms with E-state index in [1.54, 1.807) is 34.9 Å². The van der Waals surface area contributed by atoms with Crippen molar-refractivity contribution in [3.63, 3.8) is 0 Å². The third-order valence-electron chi connectivity index (χ3n) is 5.52. The van der Waals surface area contributed by atoms with Crippen molar-refractivity contribution in [2.24, 2.45) is 0 Å². The monoisotopic (exact) mass is 438 g/mol. The van der Waals surface area contributed by atoms with Crippen LogP contribution in [0.25, 0.3) is 10.9 Å². The minimum absolute atomic E-state index is 0.0539. The maximum Gasteiger partial charge on any atom is 0.261 e. The van der Waals surface area contributed by atoms with Crippen LogP contribution in [0.2, 0.25) is 5.02 Å². The molecule has 2 aromatic carbocycles. The molecule has 0 saturated carbocycles. The molecule has 2 amide bonds. The van der Waals surface area contributed by atoms with Gasteiger partial charge in [0.05, 0.1) is 21.5 Å². The second kappa shape index (κ2) is 8.89. The second-order valence-electron chi connectivity index (χ2n) is 7.61. The molecule has 1 aliphatic rings. The van der Waals surface area contributed by atoms with E-state index in [-0.39, 0.29) is 22.9 Å². The molecule has 0 saturated heterocycles. The summed E-state index contributed by atoms with van der Waals surface area (Å²) in [4.78, 5) is 42.4. The van der Waals surface area contributed by atoms with Crippen molar-refractivity contribution < 1.29 is 9.59 Å². The number of hydrogen-bond acceptors (Lipinski definition) is 4. The van der Waals surface area contributed by atoms with E-state index in [1.807, 2.05) is 0 Å². The molecule has 2 heterocycles. The molecular formula is C23H23ClN4O3. The summed E-state index contributed by atoms with van der Waals surface area (Å²) in [5, 5.41) is 6.10. The zero-order chi connectivity index (χ0) is 22.0. The molecule has 3 aromatic rings. The molecule has 7 nitrogen and oxygen atoms in total. The number of benzene rings is 2. The average Bonchev–Trinajstić information content (AvgIpc) is 2.75. The number of aromatic nitrogens is 2. The molecule has 1 aromatic heterocycles. The number of halogens is 1. The number of nitrogens with zero attached hydrogens (tertiary/aromatic N) is 2. The van der Waals surface area contributed by atoms with Crippen molar-refractivity contribution in [2.75, 3.05) is 12.4 Å². The van der Waals surface area contributed by atoms with E-state index in [2.05, 4.69) is 10.6 Å². The van der Waals surface area contributed by atoms with Crippen LogP contribution >= 0.6 is 11.6 Å². The second-order valence-corrected chi connectivity index (χ2v) is 8.02. The van der Waals surface area contributed by atoms with E-state index >= 15 is 0 Å². The Balaban J connectivity index is 1.65. The average molecular weight is 439 g/mol. The van der Waals surface area contributed by atoms with Crippen LogP contribution in [0, 0.1) is 0 Å². The van der Waals surface area contributed by atoms with Gasteiger partial charge in [-0.3, -0.25) is 19.0 Å². The minimum atomic E-state index is -0.360. The Hall–Kier alpha value is -3.19. The maximum atomic E-state index is 12.9. The van der Waals surface area contributed by atoms with Gasteiger partial charge in [-0.1, -0.05) is 24.4 Å². The van der Waals surface area contributed by atoms with Crippen LogP contribution in [0.4, 0.5) is 5.69 Å². The predicted octanol–water partition coefficient (Wildman–Crippen LogP) is 3.78. The van der Waals surface area contributed by atoms with Gasteiger partial charge in [-0.2, -0.15) is 0 Å². The van der Waals surface area contributed by atoms with Crippen LogP contribution in [-0.4, -0.2) is 28.4 Å². The highest BCUT2D eigenvalue weighted by Crippen LogP contribution is 2.22. The Labute approximate surface area is 184 Å². The molecule has 0 bridgehead atoms. The van der Waals surface area contributed by atoms with Gasteiger partial charge < -0.3 is 10.6 Å². The molecule has 160 valence electrons. The van der Waals surface area contributed by atoms with Gasteiger partial charge in [-0.25, -0.2) is 4.98 Å². The molecule has 0 radical (unpaired) electrons. The molecule has 0 aliphatic carbocycles. The Bertz CT molecular complexity index is 1240. The number of rotatable bonds is 3. The molecule has 8 heteroatoms. The van der Waals surface area contributed by atoms with E-state index in [4.69, 9.17) is 16.6 Å². The summed E-state index contributed by atoms with van der Waals surface area (Å²) in [5.41, 5.74) is 1.56.